The van der Waals surface area contributed by atoms with Crippen molar-refractivity contribution >= 4 is 23.4 Å². The average molecular weight is 290 g/mol. The van der Waals surface area contributed by atoms with Crippen LogP contribution in [0, 0.1) is 0 Å². The summed E-state index contributed by atoms with van der Waals surface area (Å²) < 4.78 is 71.1. The van der Waals surface area contributed by atoms with Crippen molar-refractivity contribution in [3.63, 3.8) is 0 Å². The van der Waals surface area contributed by atoms with Crippen molar-refractivity contribution in [2.45, 2.75) is 11.7 Å². The maximum Gasteiger partial charge on any atom is 0.441 e. The summed E-state index contributed by atoms with van der Waals surface area (Å²) in [5.74, 6) is -0.483. The van der Waals surface area contributed by atoms with Crippen LogP contribution in [0.1, 0.15) is 0 Å². The lowest BCUT2D eigenvalue weighted by molar-refractivity contribution is -0.144. The van der Waals surface area contributed by atoms with Gasteiger partial charge in [-0.1, -0.05) is 0 Å². The molecule has 98 valence electrons. The number of rotatable bonds is 6. The summed E-state index contributed by atoms with van der Waals surface area (Å²) in [6.07, 6.45) is -4.42. The largest absolute Gasteiger partial charge is 0.441 e. The number of halogens is 7. The molecule has 0 amide bonds. The van der Waals surface area contributed by atoms with Gasteiger partial charge in [0.2, 0.25) is 0 Å². The second kappa shape index (κ2) is 6.80. The molecule has 0 rings (SSSR count). The first-order chi connectivity index (χ1) is 7.14. The van der Waals surface area contributed by atoms with Crippen molar-refractivity contribution in [3.8, 4) is 0 Å². The Balaban J connectivity index is 3.95. The van der Waals surface area contributed by atoms with Gasteiger partial charge in [-0.25, -0.2) is 0 Å². The molecule has 0 aromatic carbocycles. The summed E-state index contributed by atoms with van der Waals surface area (Å²) in [6.45, 7) is -1.62. The van der Waals surface area contributed by atoms with Crippen LogP contribution in [0.25, 0.3) is 0 Å². The summed E-state index contributed by atoms with van der Waals surface area (Å²) in [5.41, 5.74) is -4.41. The summed E-state index contributed by atoms with van der Waals surface area (Å²) >= 11 is 4.92. The van der Waals surface area contributed by atoms with Crippen molar-refractivity contribution in [1.29, 1.82) is 0 Å². The molecule has 0 N–H and O–H groups in total. The monoisotopic (exact) mass is 289 g/mol. The van der Waals surface area contributed by atoms with Gasteiger partial charge in [0.25, 0.3) is 0 Å². The summed E-state index contributed by atoms with van der Waals surface area (Å²) in [4.78, 5) is 0.853. The van der Waals surface area contributed by atoms with Crippen LogP contribution in [0.3, 0.4) is 0 Å². The third kappa shape index (κ3) is 10.7. The first-order valence-corrected chi connectivity index (χ1v) is 5.72. The highest BCUT2D eigenvalue weighted by atomic mass is 35.5. The van der Waals surface area contributed by atoms with E-state index in [0.717, 1.165) is 4.90 Å². The maximum atomic E-state index is 12.0. The van der Waals surface area contributed by atoms with E-state index in [1.54, 1.807) is 0 Å². The van der Waals surface area contributed by atoms with Gasteiger partial charge < -0.3 is 0 Å². The van der Waals surface area contributed by atoms with Gasteiger partial charge in [0, 0.05) is 24.7 Å². The van der Waals surface area contributed by atoms with Crippen LogP contribution in [0.4, 0.5) is 26.3 Å². The topological polar surface area (TPSA) is 3.24 Å². The number of nitrogens with zero attached hydrogens (tertiary/aromatic N) is 1. The molecule has 9 heteroatoms. The Bertz CT molecular complexity index is 194. The lowest BCUT2D eigenvalue weighted by Crippen LogP contribution is -2.37. The maximum absolute atomic E-state index is 12.0. The Kier molecular flexibility index (Phi) is 6.88. The molecule has 0 aromatic heterocycles. The van der Waals surface area contributed by atoms with Crippen LogP contribution >= 0.6 is 23.4 Å². The molecule has 0 aliphatic carbocycles. The fraction of sp³-hybridized carbons (Fsp3) is 1.00. The Labute approximate surface area is 98.1 Å². The SMILES string of the molecule is FC(F)(F)CN(CCCl)CCSC(F)(F)F. The Morgan fingerprint density at radius 1 is 1.00 bits per heavy atom. The van der Waals surface area contributed by atoms with Crippen molar-refractivity contribution in [1.82, 2.24) is 4.90 Å². The van der Waals surface area contributed by atoms with E-state index in [-0.39, 0.29) is 30.7 Å². The molecule has 0 fully saturated rings. The van der Waals surface area contributed by atoms with Crippen molar-refractivity contribution in [2.24, 2.45) is 0 Å². The standard InChI is InChI=1S/C7H10ClF6NS/c8-1-2-15(5-6(9,10)11)3-4-16-7(12,13)14/h1-5H2. The van der Waals surface area contributed by atoms with Gasteiger partial charge in [0.15, 0.2) is 0 Å². The van der Waals surface area contributed by atoms with E-state index in [0.29, 0.717) is 0 Å². The molecule has 0 heterocycles. The summed E-state index contributed by atoms with van der Waals surface area (Å²) in [5, 5.41) is 0. The van der Waals surface area contributed by atoms with Crippen LogP contribution < -0.4 is 0 Å². The van der Waals surface area contributed by atoms with Crippen LogP contribution in [-0.4, -0.2) is 47.9 Å². The smallest absolute Gasteiger partial charge is 0.293 e. The minimum Gasteiger partial charge on any atom is -0.293 e. The predicted octanol–water partition coefficient (Wildman–Crippen LogP) is 3.34. The van der Waals surface area contributed by atoms with Crippen LogP contribution in [0.5, 0.6) is 0 Å². The van der Waals surface area contributed by atoms with Crippen molar-refractivity contribution < 1.29 is 26.3 Å². The number of alkyl halides is 7. The highest BCUT2D eigenvalue weighted by molar-refractivity contribution is 8.00. The minimum atomic E-state index is -4.42. The molecule has 0 atom stereocenters. The van der Waals surface area contributed by atoms with E-state index in [1.807, 2.05) is 0 Å². The van der Waals surface area contributed by atoms with Gasteiger partial charge in [-0.2, -0.15) is 26.3 Å². The minimum absolute atomic E-state index is 0.0488. The molecule has 0 aliphatic rings. The summed E-state index contributed by atoms with van der Waals surface area (Å²) in [7, 11) is 0. The van der Waals surface area contributed by atoms with E-state index < -0.39 is 24.0 Å². The van der Waals surface area contributed by atoms with Gasteiger partial charge >= 0.3 is 11.7 Å². The molecule has 16 heavy (non-hydrogen) atoms. The number of hydrogen-bond acceptors (Lipinski definition) is 2. The molecule has 1 nitrogen and oxygen atoms in total. The highest BCUT2D eigenvalue weighted by Crippen LogP contribution is 2.30. The van der Waals surface area contributed by atoms with E-state index in [2.05, 4.69) is 0 Å². The number of hydrogen-bond donors (Lipinski definition) is 0. The molecule has 0 unspecified atom stereocenters. The Morgan fingerprint density at radius 3 is 1.94 bits per heavy atom. The van der Waals surface area contributed by atoms with Crippen LogP contribution in [0.15, 0.2) is 0 Å². The van der Waals surface area contributed by atoms with Gasteiger partial charge in [-0.05, 0) is 11.8 Å². The first kappa shape index (κ1) is 16.2. The third-order valence-electron chi connectivity index (χ3n) is 1.48. The predicted molar refractivity (Wildman–Crippen MR) is 51.7 cm³/mol. The van der Waals surface area contributed by atoms with Crippen molar-refractivity contribution in [2.75, 3.05) is 31.3 Å². The van der Waals surface area contributed by atoms with E-state index in [9.17, 15) is 26.3 Å². The quantitative estimate of drug-likeness (QED) is 0.545. The number of thioether (sulfide) groups is 1. The normalized spacial score (nSPS) is 13.5. The fourth-order valence-corrected chi connectivity index (χ4v) is 1.75. The summed E-state index contributed by atoms with van der Waals surface area (Å²) in [6, 6.07) is 0. The molecule has 0 spiro atoms. The van der Waals surface area contributed by atoms with E-state index in [1.165, 1.54) is 0 Å². The Hall–Kier alpha value is 0.180. The van der Waals surface area contributed by atoms with Gasteiger partial charge in [-0.3, -0.25) is 4.90 Å². The zero-order valence-electron chi connectivity index (χ0n) is 8.04. The lowest BCUT2D eigenvalue weighted by atomic mass is 10.4. The van der Waals surface area contributed by atoms with Gasteiger partial charge in [0.1, 0.15) is 0 Å². The second-order valence-electron chi connectivity index (χ2n) is 2.87. The fourth-order valence-electron chi connectivity index (χ4n) is 0.933. The molecule has 0 saturated carbocycles. The molecule has 0 bridgehead atoms. The van der Waals surface area contributed by atoms with Crippen LogP contribution in [-0.2, 0) is 0 Å². The zero-order chi connectivity index (χ0) is 12.8. The molecule has 0 aliphatic heterocycles. The second-order valence-corrected chi connectivity index (χ2v) is 4.41. The molecule has 0 radical (unpaired) electrons. The van der Waals surface area contributed by atoms with Crippen LogP contribution in [0.2, 0.25) is 0 Å². The third-order valence-corrected chi connectivity index (χ3v) is 2.36. The van der Waals surface area contributed by atoms with E-state index >= 15 is 0 Å². The molecule has 0 aromatic rings. The Morgan fingerprint density at radius 2 is 1.56 bits per heavy atom. The van der Waals surface area contributed by atoms with Gasteiger partial charge in [0.05, 0.1) is 6.54 Å². The first-order valence-electron chi connectivity index (χ1n) is 4.20. The lowest BCUT2D eigenvalue weighted by Gasteiger charge is -2.22. The molecule has 0 saturated heterocycles. The van der Waals surface area contributed by atoms with E-state index in [4.69, 9.17) is 11.6 Å². The van der Waals surface area contributed by atoms with Gasteiger partial charge in [-0.15, -0.1) is 11.6 Å². The molecular weight excluding hydrogens is 280 g/mol. The zero-order valence-corrected chi connectivity index (χ0v) is 9.61. The molecular formula is C7H10ClF6NS. The highest BCUT2D eigenvalue weighted by Gasteiger charge is 2.32. The van der Waals surface area contributed by atoms with Crippen molar-refractivity contribution in [3.05, 3.63) is 0 Å². The average Bonchev–Trinajstić information content (AvgIpc) is 1.98.